The van der Waals surface area contributed by atoms with Crippen molar-refractivity contribution in [1.29, 1.82) is 0 Å². The van der Waals surface area contributed by atoms with Crippen LogP contribution in [0.5, 0.6) is 0 Å². The summed E-state index contributed by atoms with van der Waals surface area (Å²) in [5.74, 6) is 0.267. The number of hydrogen-bond donors (Lipinski definition) is 0. The lowest BCUT2D eigenvalue weighted by molar-refractivity contribution is -0.137. The van der Waals surface area contributed by atoms with Gasteiger partial charge in [0.05, 0.1) is 19.6 Å². The van der Waals surface area contributed by atoms with E-state index < -0.39 is 0 Å². The molecule has 0 aromatic carbocycles. The molecule has 5 heteroatoms. The maximum Gasteiger partial charge on any atom is 0.227 e. The summed E-state index contributed by atoms with van der Waals surface area (Å²) in [6.07, 6.45) is 2.62. The number of likely N-dealkylation sites (N-methyl/N-ethyl adjacent to an activating group) is 1. The highest BCUT2D eigenvalue weighted by Gasteiger charge is 2.42. The topological polar surface area (TPSA) is 32.8 Å². The highest BCUT2D eigenvalue weighted by atomic mass is 32.1. The summed E-state index contributed by atoms with van der Waals surface area (Å²) in [5, 5.41) is 4.10. The first-order valence-electron chi connectivity index (χ1n) is 7.85. The van der Waals surface area contributed by atoms with Gasteiger partial charge in [-0.2, -0.15) is 11.3 Å². The minimum atomic E-state index is 0.173. The second kappa shape index (κ2) is 6.46. The van der Waals surface area contributed by atoms with Gasteiger partial charge in [0.1, 0.15) is 0 Å². The number of thiophene rings is 1. The van der Waals surface area contributed by atoms with E-state index in [2.05, 4.69) is 17.2 Å². The maximum atomic E-state index is 12.4. The number of rotatable bonds is 3. The number of nitrogens with zero attached hydrogens (tertiary/aromatic N) is 2. The van der Waals surface area contributed by atoms with Crippen molar-refractivity contribution in [3.05, 3.63) is 22.4 Å². The molecule has 2 fully saturated rings. The third-order valence-corrected chi connectivity index (χ3v) is 5.64. The molecule has 0 radical (unpaired) electrons. The quantitative estimate of drug-likeness (QED) is 0.856. The standard InChI is InChI=1S/C16H24N2O2S/c1-2-18-8-9-20-13-16(18)4-6-17(7-5-16)15(19)11-14-3-10-21-12-14/h3,10,12H,2,4-9,11,13H2,1H3. The SMILES string of the molecule is CCN1CCOCC12CCN(C(=O)Cc1ccsc1)CC2. The minimum Gasteiger partial charge on any atom is -0.378 e. The fraction of sp³-hybridized carbons (Fsp3) is 0.688. The monoisotopic (exact) mass is 308 g/mol. The van der Waals surface area contributed by atoms with E-state index in [1.807, 2.05) is 16.3 Å². The number of ether oxygens (including phenoxy) is 1. The predicted molar refractivity (Wildman–Crippen MR) is 84.6 cm³/mol. The predicted octanol–water partition coefficient (Wildman–Crippen LogP) is 2.00. The molecule has 1 aromatic rings. The van der Waals surface area contributed by atoms with E-state index in [4.69, 9.17) is 4.74 Å². The number of hydrogen-bond acceptors (Lipinski definition) is 4. The van der Waals surface area contributed by atoms with Crippen LogP contribution in [-0.2, 0) is 16.0 Å². The van der Waals surface area contributed by atoms with Gasteiger partial charge in [0.15, 0.2) is 0 Å². The van der Waals surface area contributed by atoms with E-state index in [-0.39, 0.29) is 11.4 Å². The van der Waals surface area contributed by atoms with Crippen molar-refractivity contribution in [2.75, 3.05) is 39.4 Å². The van der Waals surface area contributed by atoms with Crippen molar-refractivity contribution in [3.8, 4) is 0 Å². The zero-order valence-electron chi connectivity index (χ0n) is 12.7. The number of morpholine rings is 1. The van der Waals surface area contributed by atoms with Gasteiger partial charge in [0.2, 0.25) is 5.91 Å². The lowest BCUT2D eigenvalue weighted by atomic mass is 9.85. The molecule has 116 valence electrons. The van der Waals surface area contributed by atoms with Gasteiger partial charge < -0.3 is 9.64 Å². The first kappa shape index (κ1) is 15.0. The van der Waals surface area contributed by atoms with Gasteiger partial charge in [-0.25, -0.2) is 0 Å². The Hall–Kier alpha value is -0.910. The van der Waals surface area contributed by atoms with E-state index in [0.717, 1.165) is 57.8 Å². The summed E-state index contributed by atoms with van der Waals surface area (Å²) < 4.78 is 5.73. The molecule has 0 unspecified atom stereocenters. The van der Waals surface area contributed by atoms with Crippen molar-refractivity contribution in [2.45, 2.75) is 31.7 Å². The van der Waals surface area contributed by atoms with Crippen LogP contribution in [0.2, 0.25) is 0 Å². The average molecular weight is 308 g/mol. The van der Waals surface area contributed by atoms with Crippen LogP contribution in [0.15, 0.2) is 16.8 Å². The van der Waals surface area contributed by atoms with Crippen molar-refractivity contribution < 1.29 is 9.53 Å². The Labute approximate surface area is 130 Å². The third-order valence-electron chi connectivity index (χ3n) is 4.91. The average Bonchev–Trinajstić information content (AvgIpc) is 3.01. The number of carbonyl (C=O) groups excluding carboxylic acids is 1. The van der Waals surface area contributed by atoms with Crippen LogP contribution >= 0.6 is 11.3 Å². The Balaban J connectivity index is 1.58. The van der Waals surface area contributed by atoms with E-state index in [9.17, 15) is 4.79 Å². The van der Waals surface area contributed by atoms with Gasteiger partial charge in [-0.15, -0.1) is 0 Å². The van der Waals surface area contributed by atoms with Crippen molar-refractivity contribution in [3.63, 3.8) is 0 Å². The van der Waals surface area contributed by atoms with Crippen LogP contribution in [0, 0.1) is 0 Å². The second-order valence-corrected chi connectivity index (χ2v) is 6.83. The molecular formula is C16H24N2O2S. The van der Waals surface area contributed by atoms with E-state index in [1.54, 1.807) is 11.3 Å². The Morgan fingerprint density at radius 1 is 1.38 bits per heavy atom. The molecular weight excluding hydrogens is 284 g/mol. The van der Waals surface area contributed by atoms with Crippen molar-refractivity contribution >= 4 is 17.2 Å². The van der Waals surface area contributed by atoms with Crippen LogP contribution in [0.1, 0.15) is 25.3 Å². The largest absolute Gasteiger partial charge is 0.378 e. The van der Waals surface area contributed by atoms with E-state index in [1.165, 1.54) is 0 Å². The summed E-state index contributed by atoms with van der Waals surface area (Å²) in [6, 6.07) is 2.04. The van der Waals surface area contributed by atoms with Gasteiger partial charge in [0, 0.05) is 25.2 Å². The molecule has 3 rings (SSSR count). The lowest BCUT2D eigenvalue weighted by Gasteiger charge is -2.50. The molecule has 0 atom stereocenters. The molecule has 4 nitrogen and oxygen atoms in total. The van der Waals surface area contributed by atoms with Crippen LogP contribution in [0.4, 0.5) is 0 Å². The maximum absolute atomic E-state index is 12.4. The molecule has 0 saturated carbocycles. The van der Waals surface area contributed by atoms with Crippen LogP contribution < -0.4 is 0 Å². The molecule has 21 heavy (non-hydrogen) atoms. The molecule has 3 heterocycles. The number of piperidine rings is 1. The molecule has 0 aliphatic carbocycles. The van der Waals surface area contributed by atoms with Crippen LogP contribution in [0.3, 0.4) is 0 Å². The number of amides is 1. The Bertz CT molecular complexity index is 467. The normalized spacial score (nSPS) is 22.6. The fourth-order valence-electron chi connectivity index (χ4n) is 3.57. The summed E-state index contributed by atoms with van der Waals surface area (Å²) in [5.41, 5.74) is 1.31. The van der Waals surface area contributed by atoms with Crippen molar-refractivity contribution in [2.24, 2.45) is 0 Å². The van der Waals surface area contributed by atoms with Gasteiger partial charge in [0.25, 0.3) is 0 Å². The van der Waals surface area contributed by atoms with Gasteiger partial charge in [-0.05, 0) is 41.8 Å². The Kier molecular flexibility index (Phi) is 4.62. The Morgan fingerprint density at radius 3 is 2.86 bits per heavy atom. The molecule has 0 bridgehead atoms. The minimum absolute atomic E-state index is 0.173. The Morgan fingerprint density at radius 2 is 2.19 bits per heavy atom. The van der Waals surface area contributed by atoms with E-state index >= 15 is 0 Å². The number of carbonyl (C=O) groups is 1. The third kappa shape index (κ3) is 3.15. The molecule has 1 spiro atoms. The van der Waals surface area contributed by atoms with Gasteiger partial charge in [-0.1, -0.05) is 6.92 Å². The van der Waals surface area contributed by atoms with Crippen LogP contribution in [0.25, 0.3) is 0 Å². The summed E-state index contributed by atoms with van der Waals surface area (Å²) in [6.45, 7) is 7.72. The van der Waals surface area contributed by atoms with Gasteiger partial charge in [-0.3, -0.25) is 9.69 Å². The molecule has 1 aromatic heterocycles. The zero-order chi connectivity index (χ0) is 14.7. The number of likely N-dealkylation sites (tertiary alicyclic amines) is 1. The van der Waals surface area contributed by atoms with Gasteiger partial charge >= 0.3 is 0 Å². The van der Waals surface area contributed by atoms with E-state index in [0.29, 0.717) is 6.42 Å². The highest BCUT2D eigenvalue weighted by molar-refractivity contribution is 7.07. The molecule has 0 N–H and O–H groups in total. The smallest absolute Gasteiger partial charge is 0.227 e. The highest BCUT2D eigenvalue weighted by Crippen LogP contribution is 2.31. The zero-order valence-corrected chi connectivity index (χ0v) is 13.5. The first-order valence-corrected chi connectivity index (χ1v) is 8.79. The summed E-state index contributed by atoms with van der Waals surface area (Å²) in [7, 11) is 0. The summed E-state index contributed by atoms with van der Waals surface area (Å²) >= 11 is 1.66. The van der Waals surface area contributed by atoms with Crippen LogP contribution in [-0.4, -0.2) is 60.6 Å². The summed E-state index contributed by atoms with van der Waals surface area (Å²) in [4.78, 5) is 17.0. The molecule has 2 aliphatic rings. The molecule has 2 saturated heterocycles. The second-order valence-electron chi connectivity index (χ2n) is 6.05. The molecule has 1 amide bonds. The lowest BCUT2D eigenvalue weighted by Crippen LogP contribution is -2.61. The fourth-order valence-corrected chi connectivity index (χ4v) is 4.24. The van der Waals surface area contributed by atoms with Crippen molar-refractivity contribution in [1.82, 2.24) is 9.80 Å². The molecule has 2 aliphatic heterocycles. The first-order chi connectivity index (χ1) is 10.2.